The number of fused-ring (bicyclic) bond motifs is 1. The van der Waals surface area contributed by atoms with Gasteiger partial charge in [-0.05, 0) is 25.0 Å². The summed E-state index contributed by atoms with van der Waals surface area (Å²) in [5, 5.41) is 9.24. The topological polar surface area (TPSA) is 83.9 Å². The molecule has 7 heteroatoms. The average molecular weight is 311 g/mol. The minimum atomic E-state index is -3.72. The molecule has 1 atom stereocenters. The third kappa shape index (κ3) is 2.20. The SMILES string of the molecule is CC1(C(=O)O)CCN(S(=O)(=O)c2cccc3c2OCC3)C1. The number of rotatable bonds is 3. The zero-order valence-corrected chi connectivity index (χ0v) is 12.5. The van der Waals surface area contributed by atoms with Gasteiger partial charge >= 0.3 is 5.97 Å². The molecule has 0 bridgehead atoms. The van der Waals surface area contributed by atoms with Crippen molar-refractivity contribution in [1.29, 1.82) is 0 Å². The van der Waals surface area contributed by atoms with Gasteiger partial charge in [0.2, 0.25) is 10.0 Å². The minimum absolute atomic E-state index is 0.00562. The van der Waals surface area contributed by atoms with Crippen LogP contribution in [0.4, 0.5) is 0 Å². The molecule has 21 heavy (non-hydrogen) atoms. The summed E-state index contributed by atoms with van der Waals surface area (Å²) in [5.41, 5.74) is -0.137. The second-order valence-electron chi connectivity index (χ2n) is 5.80. The molecular formula is C14H17NO5S. The lowest BCUT2D eigenvalue weighted by Gasteiger charge is -2.20. The number of carboxylic acids is 1. The van der Waals surface area contributed by atoms with E-state index in [-0.39, 0.29) is 18.0 Å². The third-order valence-electron chi connectivity index (χ3n) is 4.25. The number of carbonyl (C=O) groups is 1. The van der Waals surface area contributed by atoms with Crippen LogP contribution < -0.4 is 4.74 Å². The Labute approximate surface area is 123 Å². The molecule has 6 nitrogen and oxygen atoms in total. The van der Waals surface area contributed by atoms with Gasteiger partial charge in [0.1, 0.15) is 10.6 Å². The molecule has 0 aromatic heterocycles. The van der Waals surface area contributed by atoms with E-state index in [2.05, 4.69) is 0 Å². The fourth-order valence-corrected chi connectivity index (χ4v) is 4.57. The molecule has 0 spiro atoms. The van der Waals surface area contributed by atoms with E-state index in [0.29, 0.717) is 25.2 Å². The highest BCUT2D eigenvalue weighted by atomic mass is 32.2. The maximum absolute atomic E-state index is 12.8. The predicted molar refractivity (Wildman–Crippen MR) is 74.8 cm³/mol. The number of aliphatic carboxylic acids is 1. The summed E-state index contributed by atoms with van der Waals surface area (Å²) in [6.07, 6.45) is 1.02. The fraction of sp³-hybridized carbons (Fsp3) is 0.500. The molecule has 3 rings (SSSR count). The lowest BCUT2D eigenvalue weighted by Crippen LogP contribution is -2.35. The first-order valence-corrected chi connectivity index (χ1v) is 8.27. The lowest BCUT2D eigenvalue weighted by molar-refractivity contribution is -0.146. The average Bonchev–Trinajstić information content (AvgIpc) is 3.05. The largest absolute Gasteiger partial charge is 0.492 e. The molecule has 1 N–H and O–H groups in total. The Hall–Kier alpha value is -1.60. The normalized spacial score (nSPS) is 25.6. The van der Waals surface area contributed by atoms with Crippen LogP contribution in [0.25, 0.3) is 0 Å². The number of hydrogen-bond donors (Lipinski definition) is 1. The molecule has 1 unspecified atom stereocenters. The van der Waals surface area contributed by atoms with Crippen molar-refractivity contribution in [3.05, 3.63) is 23.8 Å². The number of sulfonamides is 1. The van der Waals surface area contributed by atoms with Crippen molar-refractivity contribution < 1.29 is 23.1 Å². The summed E-state index contributed by atoms with van der Waals surface area (Å²) in [7, 11) is -3.72. The van der Waals surface area contributed by atoms with Crippen molar-refractivity contribution in [2.45, 2.75) is 24.7 Å². The first kappa shape index (κ1) is 14.3. The van der Waals surface area contributed by atoms with E-state index < -0.39 is 21.4 Å². The molecule has 2 aliphatic rings. The van der Waals surface area contributed by atoms with Crippen molar-refractivity contribution in [2.75, 3.05) is 19.7 Å². The minimum Gasteiger partial charge on any atom is -0.492 e. The lowest BCUT2D eigenvalue weighted by atomic mass is 9.90. The molecule has 1 aromatic rings. The number of hydrogen-bond acceptors (Lipinski definition) is 4. The smallest absolute Gasteiger partial charge is 0.310 e. The van der Waals surface area contributed by atoms with Gasteiger partial charge in [-0.15, -0.1) is 0 Å². The van der Waals surface area contributed by atoms with Gasteiger partial charge in [0.05, 0.1) is 12.0 Å². The van der Waals surface area contributed by atoms with Gasteiger partial charge in [-0.1, -0.05) is 12.1 Å². The maximum Gasteiger partial charge on any atom is 0.310 e. The molecule has 1 fully saturated rings. The van der Waals surface area contributed by atoms with Gasteiger partial charge in [0, 0.05) is 19.5 Å². The molecule has 0 radical (unpaired) electrons. The van der Waals surface area contributed by atoms with Crippen molar-refractivity contribution in [1.82, 2.24) is 4.31 Å². The van der Waals surface area contributed by atoms with Gasteiger partial charge in [-0.25, -0.2) is 8.42 Å². The van der Waals surface area contributed by atoms with Crippen LogP contribution in [0.3, 0.4) is 0 Å². The van der Waals surface area contributed by atoms with Crippen LogP contribution >= 0.6 is 0 Å². The van der Waals surface area contributed by atoms with Gasteiger partial charge < -0.3 is 9.84 Å². The zero-order valence-electron chi connectivity index (χ0n) is 11.7. The van der Waals surface area contributed by atoms with Crippen molar-refractivity contribution >= 4 is 16.0 Å². The van der Waals surface area contributed by atoms with Crippen LogP contribution in [-0.4, -0.2) is 43.5 Å². The molecular weight excluding hydrogens is 294 g/mol. The standard InChI is InChI=1S/C14H17NO5S/c1-14(13(16)17)6-7-15(9-14)21(18,19)11-4-2-3-10-5-8-20-12(10)11/h2-4H,5-9H2,1H3,(H,16,17). The number of para-hydroxylation sites is 1. The Morgan fingerprint density at radius 1 is 1.43 bits per heavy atom. The van der Waals surface area contributed by atoms with Crippen LogP contribution in [0.1, 0.15) is 18.9 Å². The molecule has 0 saturated carbocycles. The number of benzene rings is 1. The molecule has 2 heterocycles. The van der Waals surface area contributed by atoms with Crippen LogP contribution in [0.5, 0.6) is 5.75 Å². The Balaban J connectivity index is 1.96. The van der Waals surface area contributed by atoms with Crippen LogP contribution in [0.15, 0.2) is 23.1 Å². The van der Waals surface area contributed by atoms with Crippen LogP contribution in [-0.2, 0) is 21.2 Å². The van der Waals surface area contributed by atoms with E-state index >= 15 is 0 Å². The van der Waals surface area contributed by atoms with Gasteiger partial charge in [-0.2, -0.15) is 4.31 Å². The summed E-state index contributed by atoms with van der Waals surface area (Å²) in [6, 6.07) is 5.08. The van der Waals surface area contributed by atoms with Crippen LogP contribution in [0.2, 0.25) is 0 Å². The fourth-order valence-electron chi connectivity index (χ4n) is 2.83. The highest BCUT2D eigenvalue weighted by Gasteiger charge is 2.45. The van der Waals surface area contributed by atoms with E-state index in [1.54, 1.807) is 13.0 Å². The summed E-state index contributed by atoms with van der Waals surface area (Å²) >= 11 is 0. The number of ether oxygens (including phenoxy) is 1. The quantitative estimate of drug-likeness (QED) is 0.904. The first-order chi connectivity index (χ1) is 9.84. The van der Waals surface area contributed by atoms with Crippen molar-refractivity contribution in [2.24, 2.45) is 5.41 Å². The summed E-state index contributed by atoms with van der Waals surface area (Å²) < 4.78 is 32.2. The molecule has 1 saturated heterocycles. The molecule has 2 aliphatic heterocycles. The van der Waals surface area contributed by atoms with Gasteiger partial charge in [-0.3, -0.25) is 4.79 Å². The highest BCUT2D eigenvalue weighted by Crippen LogP contribution is 2.38. The summed E-state index contributed by atoms with van der Waals surface area (Å²) in [4.78, 5) is 11.4. The maximum atomic E-state index is 12.8. The summed E-state index contributed by atoms with van der Waals surface area (Å²) in [5.74, 6) is -0.545. The van der Waals surface area contributed by atoms with E-state index in [4.69, 9.17) is 4.74 Å². The van der Waals surface area contributed by atoms with E-state index in [1.807, 2.05) is 6.07 Å². The second kappa shape index (κ2) is 4.71. The molecule has 0 amide bonds. The molecule has 114 valence electrons. The second-order valence-corrected chi connectivity index (χ2v) is 7.70. The number of nitrogens with zero attached hydrogens (tertiary/aromatic N) is 1. The Morgan fingerprint density at radius 3 is 2.86 bits per heavy atom. The summed E-state index contributed by atoms with van der Waals surface area (Å²) in [6.45, 7) is 2.27. The zero-order chi connectivity index (χ0) is 15.3. The molecule has 1 aromatic carbocycles. The van der Waals surface area contributed by atoms with Gasteiger partial charge in [0.25, 0.3) is 0 Å². The Morgan fingerprint density at radius 2 is 2.19 bits per heavy atom. The van der Waals surface area contributed by atoms with Crippen molar-refractivity contribution in [3.63, 3.8) is 0 Å². The molecule has 0 aliphatic carbocycles. The number of carboxylic acid groups (broad SMARTS) is 1. The van der Waals surface area contributed by atoms with Crippen molar-refractivity contribution in [3.8, 4) is 5.75 Å². The highest BCUT2D eigenvalue weighted by molar-refractivity contribution is 7.89. The predicted octanol–water partition coefficient (Wildman–Crippen LogP) is 1.11. The van der Waals surface area contributed by atoms with Crippen LogP contribution in [0, 0.1) is 5.41 Å². The Kier molecular flexibility index (Phi) is 3.22. The first-order valence-electron chi connectivity index (χ1n) is 6.83. The van der Waals surface area contributed by atoms with E-state index in [1.165, 1.54) is 10.4 Å². The third-order valence-corrected chi connectivity index (χ3v) is 6.12. The van der Waals surface area contributed by atoms with E-state index in [0.717, 1.165) is 5.56 Å². The Bertz CT molecular complexity index is 699. The van der Waals surface area contributed by atoms with E-state index in [9.17, 15) is 18.3 Å². The van der Waals surface area contributed by atoms with Gasteiger partial charge in [0.15, 0.2) is 0 Å². The monoisotopic (exact) mass is 311 g/mol.